The van der Waals surface area contributed by atoms with E-state index >= 15 is 0 Å². The third kappa shape index (κ3) is 3.28. The highest BCUT2D eigenvalue weighted by atomic mass is 16.5. The first kappa shape index (κ1) is 16.5. The summed E-state index contributed by atoms with van der Waals surface area (Å²) in [6.45, 7) is 6.61. The first-order chi connectivity index (χ1) is 11.4. The predicted octanol–water partition coefficient (Wildman–Crippen LogP) is 5.21. The van der Waals surface area contributed by atoms with Crippen LogP contribution < -0.4 is 4.74 Å². The second-order valence-electron chi connectivity index (χ2n) is 7.39. The Balaban J connectivity index is 1.87. The van der Waals surface area contributed by atoms with Gasteiger partial charge in [0, 0.05) is 11.1 Å². The molecule has 2 aromatic carbocycles. The zero-order valence-electron chi connectivity index (χ0n) is 14.8. The molecule has 0 saturated carbocycles. The molecule has 0 bridgehead atoms. The summed E-state index contributed by atoms with van der Waals surface area (Å²) in [5.41, 5.74) is 5.31. The van der Waals surface area contributed by atoms with Gasteiger partial charge in [0.25, 0.3) is 0 Å². The number of carbonyl (C=O) groups excluding carboxylic acids is 1. The summed E-state index contributed by atoms with van der Waals surface area (Å²) in [5.74, 6) is 0.950. The van der Waals surface area contributed by atoms with Crippen molar-refractivity contribution in [3.63, 3.8) is 0 Å². The molecule has 24 heavy (non-hydrogen) atoms. The molecular weight excluding hydrogens is 296 g/mol. The van der Waals surface area contributed by atoms with E-state index in [1.165, 1.54) is 5.56 Å². The van der Waals surface area contributed by atoms with E-state index in [1.807, 2.05) is 24.3 Å². The smallest absolute Gasteiger partial charge is 0.189 e. The van der Waals surface area contributed by atoms with Crippen LogP contribution in [0.15, 0.2) is 48.0 Å². The Labute approximate surface area is 144 Å². The highest BCUT2D eigenvalue weighted by Gasteiger charge is 2.22. The van der Waals surface area contributed by atoms with Crippen molar-refractivity contribution in [2.75, 3.05) is 7.11 Å². The Bertz CT molecular complexity index is 790. The van der Waals surface area contributed by atoms with Gasteiger partial charge >= 0.3 is 0 Å². The van der Waals surface area contributed by atoms with E-state index in [4.69, 9.17) is 4.74 Å². The van der Waals surface area contributed by atoms with Crippen LogP contribution in [0.25, 0.3) is 6.08 Å². The summed E-state index contributed by atoms with van der Waals surface area (Å²) in [6, 6.07) is 14.2. The van der Waals surface area contributed by atoms with Crippen LogP contribution in [0.3, 0.4) is 0 Å². The maximum Gasteiger partial charge on any atom is 0.189 e. The van der Waals surface area contributed by atoms with Gasteiger partial charge < -0.3 is 4.74 Å². The molecule has 0 fully saturated rings. The third-order valence-electron chi connectivity index (χ3n) is 4.63. The maximum atomic E-state index is 12.7. The molecule has 124 valence electrons. The lowest BCUT2D eigenvalue weighted by atomic mass is 9.84. The molecule has 0 N–H and O–H groups in total. The molecule has 2 aromatic rings. The fourth-order valence-electron chi connectivity index (χ4n) is 3.10. The first-order valence-electron chi connectivity index (χ1n) is 8.41. The van der Waals surface area contributed by atoms with Crippen LogP contribution in [-0.2, 0) is 11.8 Å². The van der Waals surface area contributed by atoms with Crippen molar-refractivity contribution >= 4 is 11.9 Å². The quantitative estimate of drug-likeness (QED) is 0.710. The van der Waals surface area contributed by atoms with Crippen LogP contribution >= 0.6 is 0 Å². The number of methoxy groups -OCH3 is 1. The highest BCUT2D eigenvalue weighted by molar-refractivity contribution is 6.13. The molecule has 0 atom stereocenters. The van der Waals surface area contributed by atoms with E-state index in [9.17, 15) is 4.79 Å². The van der Waals surface area contributed by atoms with Crippen LogP contribution in [0.2, 0.25) is 0 Å². The minimum absolute atomic E-state index is 0.138. The van der Waals surface area contributed by atoms with Gasteiger partial charge in [0.1, 0.15) is 5.75 Å². The minimum atomic E-state index is 0.138. The number of rotatable bonds is 2. The molecule has 1 aliphatic rings. The standard InChI is InChI=1S/C22H24O2/c1-22(2,3)18-9-5-15(6-10-18)13-17-8-7-16-14-19(24-4)11-12-20(16)21(17)23/h5-6,9-14H,7-8H2,1-4H3/b17-13+. The number of fused-ring (bicyclic) bond motifs is 1. The molecule has 0 heterocycles. The molecule has 0 unspecified atom stereocenters. The predicted molar refractivity (Wildman–Crippen MR) is 98.8 cm³/mol. The van der Waals surface area contributed by atoms with E-state index in [0.717, 1.165) is 40.9 Å². The lowest BCUT2D eigenvalue weighted by Crippen LogP contribution is -2.14. The van der Waals surface area contributed by atoms with Crippen LogP contribution in [0.4, 0.5) is 0 Å². The van der Waals surface area contributed by atoms with E-state index < -0.39 is 0 Å². The monoisotopic (exact) mass is 320 g/mol. The molecular formula is C22H24O2. The number of allylic oxidation sites excluding steroid dienone is 1. The van der Waals surface area contributed by atoms with Gasteiger partial charge in [-0.2, -0.15) is 0 Å². The van der Waals surface area contributed by atoms with Gasteiger partial charge in [0.15, 0.2) is 5.78 Å². The molecule has 0 aliphatic heterocycles. The average Bonchev–Trinajstić information content (AvgIpc) is 2.57. The molecule has 0 saturated heterocycles. The Morgan fingerprint density at radius 2 is 1.71 bits per heavy atom. The zero-order valence-corrected chi connectivity index (χ0v) is 14.8. The van der Waals surface area contributed by atoms with Gasteiger partial charge in [0.05, 0.1) is 7.11 Å². The second kappa shape index (κ2) is 6.27. The zero-order chi connectivity index (χ0) is 17.3. The Kier molecular flexibility index (Phi) is 4.31. The van der Waals surface area contributed by atoms with E-state index in [1.54, 1.807) is 7.11 Å². The Morgan fingerprint density at radius 1 is 1.00 bits per heavy atom. The summed E-state index contributed by atoms with van der Waals surface area (Å²) in [4.78, 5) is 12.7. The lowest BCUT2D eigenvalue weighted by molar-refractivity contribution is 0.102. The van der Waals surface area contributed by atoms with Gasteiger partial charge in [-0.3, -0.25) is 4.79 Å². The van der Waals surface area contributed by atoms with Crippen molar-refractivity contribution in [2.45, 2.75) is 39.0 Å². The Hall–Kier alpha value is -2.35. The number of aryl methyl sites for hydroxylation is 1. The molecule has 0 amide bonds. The van der Waals surface area contributed by atoms with E-state index in [-0.39, 0.29) is 11.2 Å². The summed E-state index contributed by atoms with van der Waals surface area (Å²) < 4.78 is 5.25. The van der Waals surface area contributed by atoms with Crippen LogP contribution in [-0.4, -0.2) is 12.9 Å². The van der Waals surface area contributed by atoms with Crippen LogP contribution in [0.5, 0.6) is 5.75 Å². The van der Waals surface area contributed by atoms with Gasteiger partial charge in [-0.1, -0.05) is 45.0 Å². The number of hydrogen-bond acceptors (Lipinski definition) is 2. The van der Waals surface area contributed by atoms with E-state index in [0.29, 0.717) is 0 Å². The summed E-state index contributed by atoms with van der Waals surface area (Å²) in [5, 5.41) is 0. The lowest BCUT2D eigenvalue weighted by Gasteiger charge is -2.20. The van der Waals surface area contributed by atoms with Gasteiger partial charge in [-0.15, -0.1) is 0 Å². The SMILES string of the molecule is COc1ccc2c(c1)CC/C(=C\c1ccc(C(C)(C)C)cc1)C2=O. The number of ether oxygens (including phenoxy) is 1. The highest BCUT2D eigenvalue weighted by Crippen LogP contribution is 2.30. The van der Waals surface area contributed by atoms with Crippen molar-refractivity contribution in [3.05, 3.63) is 70.3 Å². The number of ketones is 1. The summed E-state index contributed by atoms with van der Waals surface area (Å²) in [7, 11) is 1.65. The maximum absolute atomic E-state index is 12.7. The van der Waals surface area contributed by atoms with Crippen LogP contribution in [0, 0.1) is 0 Å². The molecule has 0 spiro atoms. The Morgan fingerprint density at radius 3 is 2.33 bits per heavy atom. The largest absolute Gasteiger partial charge is 0.497 e. The second-order valence-corrected chi connectivity index (χ2v) is 7.39. The third-order valence-corrected chi connectivity index (χ3v) is 4.63. The van der Waals surface area contributed by atoms with Gasteiger partial charge in [-0.05, 0) is 59.2 Å². The molecule has 3 rings (SSSR count). The number of hydrogen-bond donors (Lipinski definition) is 0. The molecule has 0 radical (unpaired) electrons. The number of benzene rings is 2. The van der Waals surface area contributed by atoms with Crippen molar-refractivity contribution in [2.24, 2.45) is 0 Å². The summed E-state index contributed by atoms with van der Waals surface area (Å²) >= 11 is 0. The molecule has 0 aromatic heterocycles. The van der Waals surface area contributed by atoms with Crippen molar-refractivity contribution in [1.29, 1.82) is 0 Å². The van der Waals surface area contributed by atoms with Gasteiger partial charge in [-0.25, -0.2) is 0 Å². The molecule has 2 nitrogen and oxygen atoms in total. The van der Waals surface area contributed by atoms with Crippen LogP contribution in [0.1, 0.15) is 54.2 Å². The normalized spacial score (nSPS) is 16.2. The van der Waals surface area contributed by atoms with Gasteiger partial charge in [0.2, 0.25) is 0 Å². The number of carbonyl (C=O) groups is 1. The fourth-order valence-corrected chi connectivity index (χ4v) is 3.10. The van der Waals surface area contributed by atoms with Crippen molar-refractivity contribution < 1.29 is 9.53 Å². The average molecular weight is 320 g/mol. The molecule has 2 heteroatoms. The fraction of sp³-hybridized carbons (Fsp3) is 0.318. The van der Waals surface area contributed by atoms with Crippen molar-refractivity contribution in [3.8, 4) is 5.75 Å². The summed E-state index contributed by atoms with van der Waals surface area (Å²) in [6.07, 6.45) is 3.69. The molecule has 1 aliphatic carbocycles. The van der Waals surface area contributed by atoms with Crippen molar-refractivity contribution in [1.82, 2.24) is 0 Å². The first-order valence-corrected chi connectivity index (χ1v) is 8.41. The number of Topliss-reactive ketones (excluding diaryl/α,β-unsaturated/α-hetero) is 1. The minimum Gasteiger partial charge on any atom is -0.497 e. The topological polar surface area (TPSA) is 26.3 Å². The van der Waals surface area contributed by atoms with E-state index in [2.05, 4.69) is 45.0 Å².